The molecular formula is C27H41FN2O3. The summed E-state index contributed by atoms with van der Waals surface area (Å²) < 4.78 is 13.7. The molecule has 1 aliphatic carbocycles. The zero-order valence-electron chi connectivity index (χ0n) is 20.8. The third kappa shape index (κ3) is 8.24. The van der Waals surface area contributed by atoms with Crippen molar-refractivity contribution in [2.45, 2.75) is 91.5 Å². The zero-order chi connectivity index (χ0) is 24.4. The van der Waals surface area contributed by atoms with Crippen LogP contribution in [0.1, 0.15) is 95.8 Å². The lowest BCUT2D eigenvalue weighted by Crippen LogP contribution is -2.46. The van der Waals surface area contributed by atoms with Crippen LogP contribution in [-0.4, -0.2) is 41.6 Å². The molecule has 3 rings (SSSR count). The first-order chi connectivity index (χ1) is 15.6. The van der Waals surface area contributed by atoms with Gasteiger partial charge in [-0.3, -0.25) is 14.4 Å². The summed E-state index contributed by atoms with van der Waals surface area (Å²) in [4.78, 5) is 38.1. The van der Waals surface area contributed by atoms with Crippen molar-refractivity contribution in [2.75, 3.05) is 13.1 Å². The number of piperidine rings is 1. The van der Waals surface area contributed by atoms with Gasteiger partial charge in [0.05, 0.1) is 11.6 Å². The van der Waals surface area contributed by atoms with Crippen LogP contribution >= 0.6 is 0 Å². The number of hydrogen-bond acceptors (Lipinski definition) is 3. The average Bonchev–Trinajstić information content (AvgIpc) is 2.82. The fraction of sp³-hybridized carbons (Fsp3) is 0.667. The van der Waals surface area contributed by atoms with E-state index in [1.807, 2.05) is 25.7 Å². The largest absolute Gasteiger partial charge is 0.342 e. The lowest BCUT2D eigenvalue weighted by Gasteiger charge is -2.32. The van der Waals surface area contributed by atoms with E-state index < -0.39 is 17.8 Å². The minimum Gasteiger partial charge on any atom is -0.342 e. The summed E-state index contributed by atoms with van der Waals surface area (Å²) in [6, 6.07) is 5.38. The second-order valence-corrected chi connectivity index (χ2v) is 10.3. The molecular weight excluding hydrogens is 419 g/mol. The first kappa shape index (κ1) is 27.0. The fourth-order valence-electron chi connectivity index (χ4n) is 4.58. The number of carbonyl (C=O) groups is 3. The maximum Gasteiger partial charge on any atom is 0.254 e. The molecule has 0 bridgehead atoms. The monoisotopic (exact) mass is 460 g/mol. The molecule has 184 valence electrons. The SMILES string of the molecule is CC(C)(C)C(=O)N1CCCCC1.CCC(=O)C(NC(=O)c1ccccc1F)C1CCCCC1. The summed E-state index contributed by atoms with van der Waals surface area (Å²) in [5.74, 6) is -0.525. The molecule has 5 nitrogen and oxygen atoms in total. The van der Waals surface area contributed by atoms with Crippen molar-refractivity contribution in [1.82, 2.24) is 10.2 Å². The Labute approximate surface area is 198 Å². The van der Waals surface area contributed by atoms with Crippen molar-refractivity contribution in [1.29, 1.82) is 0 Å². The van der Waals surface area contributed by atoms with Gasteiger partial charge in [0, 0.05) is 24.9 Å². The molecule has 2 amide bonds. The average molecular weight is 461 g/mol. The molecule has 2 aliphatic rings. The number of carbonyl (C=O) groups excluding carboxylic acids is 3. The predicted octanol–water partition coefficient (Wildman–Crippen LogP) is 5.53. The van der Waals surface area contributed by atoms with Crippen molar-refractivity contribution in [3.8, 4) is 0 Å². The van der Waals surface area contributed by atoms with Crippen molar-refractivity contribution in [3.05, 3.63) is 35.6 Å². The number of benzene rings is 1. The Kier molecular flexibility index (Phi) is 10.5. The summed E-state index contributed by atoms with van der Waals surface area (Å²) in [5, 5.41) is 2.77. The van der Waals surface area contributed by atoms with Gasteiger partial charge in [-0.15, -0.1) is 0 Å². The molecule has 1 atom stereocenters. The summed E-state index contributed by atoms with van der Waals surface area (Å²) in [7, 11) is 0. The highest BCUT2D eigenvalue weighted by Crippen LogP contribution is 2.27. The van der Waals surface area contributed by atoms with E-state index in [1.165, 1.54) is 37.8 Å². The molecule has 1 heterocycles. The minimum atomic E-state index is -0.554. The van der Waals surface area contributed by atoms with Gasteiger partial charge >= 0.3 is 0 Å². The van der Waals surface area contributed by atoms with Crippen LogP contribution in [0.25, 0.3) is 0 Å². The maximum atomic E-state index is 13.7. The molecule has 0 radical (unpaired) electrons. The van der Waals surface area contributed by atoms with E-state index in [0.29, 0.717) is 12.3 Å². The van der Waals surface area contributed by atoms with Gasteiger partial charge in [-0.2, -0.15) is 0 Å². The van der Waals surface area contributed by atoms with E-state index in [0.717, 1.165) is 38.8 Å². The third-order valence-corrected chi connectivity index (χ3v) is 6.51. The number of Topliss-reactive ketones (excluding diaryl/α,β-unsaturated/α-hetero) is 1. The predicted molar refractivity (Wildman–Crippen MR) is 129 cm³/mol. The van der Waals surface area contributed by atoms with Crippen LogP contribution < -0.4 is 5.32 Å². The van der Waals surface area contributed by atoms with Crippen molar-refractivity contribution in [2.24, 2.45) is 11.3 Å². The van der Waals surface area contributed by atoms with Gasteiger partial charge < -0.3 is 10.2 Å². The standard InChI is InChI=1S/C17H22FNO2.C10H19NO/c1-2-15(20)16(12-8-4-3-5-9-12)19-17(21)13-10-6-7-11-14(13)18;1-10(2,3)9(12)11-7-5-4-6-8-11/h6-7,10-12,16H,2-5,8-9H2,1H3,(H,19,21);4-8H2,1-3H3. The Morgan fingerprint density at radius 2 is 1.58 bits per heavy atom. The van der Waals surface area contributed by atoms with E-state index in [9.17, 15) is 18.8 Å². The van der Waals surface area contributed by atoms with Crippen molar-refractivity contribution in [3.63, 3.8) is 0 Å². The molecule has 1 unspecified atom stereocenters. The van der Waals surface area contributed by atoms with Gasteiger partial charge in [-0.1, -0.05) is 59.1 Å². The highest BCUT2D eigenvalue weighted by Gasteiger charge is 2.30. The number of rotatable bonds is 5. The minimum absolute atomic E-state index is 0.00205. The molecule has 1 aromatic rings. The van der Waals surface area contributed by atoms with E-state index in [1.54, 1.807) is 19.1 Å². The van der Waals surface area contributed by atoms with Crippen LogP contribution in [0.4, 0.5) is 4.39 Å². The highest BCUT2D eigenvalue weighted by atomic mass is 19.1. The first-order valence-corrected chi connectivity index (χ1v) is 12.5. The first-order valence-electron chi connectivity index (χ1n) is 12.5. The van der Waals surface area contributed by atoms with Gasteiger partial charge in [0.15, 0.2) is 5.78 Å². The number of likely N-dealkylation sites (tertiary alicyclic amines) is 1. The molecule has 33 heavy (non-hydrogen) atoms. The molecule has 0 aromatic heterocycles. The van der Waals surface area contributed by atoms with Crippen molar-refractivity contribution >= 4 is 17.6 Å². The van der Waals surface area contributed by atoms with Gasteiger partial charge in [0.1, 0.15) is 5.82 Å². The fourth-order valence-corrected chi connectivity index (χ4v) is 4.58. The highest BCUT2D eigenvalue weighted by molar-refractivity contribution is 5.98. The Morgan fingerprint density at radius 3 is 2.12 bits per heavy atom. The van der Waals surface area contributed by atoms with Gasteiger partial charge in [-0.05, 0) is 50.2 Å². The second-order valence-electron chi connectivity index (χ2n) is 10.3. The third-order valence-electron chi connectivity index (χ3n) is 6.51. The second kappa shape index (κ2) is 12.9. The van der Waals surface area contributed by atoms with E-state index in [-0.39, 0.29) is 22.7 Å². The molecule has 1 aliphatic heterocycles. The van der Waals surface area contributed by atoms with E-state index in [2.05, 4.69) is 5.32 Å². The van der Waals surface area contributed by atoms with Gasteiger partial charge in [0.25, 0.3) is 5.91 Å². The smallest absolute Gasteiger partial charge is 0.254 e. The Balaban J connectivity index is 0.000000273. The summed E-state index contributed by atoms with van der Waals surface area (Å²) >= 11 is 0. The zero-order valence-corrected chi connectivity index (χ0v) is 20.8. The Morgan fingerprint density at radius 1 is 1.00 bits per heavy atom. The summed E-state index contributed by atoms with van der Waals surface area (Å²) in [5.41, 5.74) is -0.195. The number of ketones is 1. The molecule has 0 spiro atoms. The topological polar surface area (TPSA) is 66.5 Å². The van der Waals surface area contributed by atoms with Crippen LogP contribution in [0.15, 0.2) is 24.3 Å². The van der Waals surface area contributed by atoms with Crippen LogP contribution in [-0.2, 0) is 9.59 Å². The number of halogens is 1. The molecule has 1 N–H and O–H groups in total. The van der Waals surface area contributed by atoms with Crippen LogP contribution in [0, 0.1) is 17.2 Å². The molecule has 6 heteroatoms. The van der Waals surface area contributed by atoms with Crippen molar-refractivity contribution < 1.29 is 18.8 Å². The lowest BCUT2D eigenvalue weighted by atomic mass is 9.81. The number of nitrogens with one attached hydrogen (secondary N) is 1. The Bertz CT molecular complexity index is 791. The number of hydrogen-bond donors (Lipinski definition) is 1. The normalized spacial score (nSPS) is 18.0. The van der Waals surface area contributed by atoms with Crippen LogP contribution in [0.2, 0.25) is 0 Å². The number of amides is 2. The van der Waals surface area contributed by atoms with Crippen LogP contribution in [0.5, 0.6) is 0 Å². The maximum absolute atomic E-state index is 13.7. The lowest BCUT2D eigenvalue weighted by molar-refractivity contribution is -0.140. The molecule has 1 saturated heterocycles. The molecule has 2 fully saturated rings. The summed E-state index contributed by atoms with van der Waals surface area (Å²) in [6.07, 6.45) is 9.31. The van der Waals surface area contributed by atoms with Gasteiger partial charge in [-0.25, -0.2) is 4.39 Å². The van der Waals surface area contributed by atoms with E-state index >= 15 is 0 Å². The molecule has 1 aromatic carbocycles. The summed E-state index contributed by atoms with van der Waals surface area (Å²) in [6.45, 7) is 9.71. The molecule has 1 saturated carbocycles. The van der Waals surface area contributed by atoms with E-state index in [4.69, 9.17) is 0 Å². The van der Waals surface area contributed by atoms with Gasteiger partial charge in [0.2, 0.25) is 5.91 Å². The quantitative estimate of drug-likeness (QED) is 0.628. The number of nitrogens with zero attached hydrogens (tertiary/aromatic N) is 1. The van der Waals surface area contributed by atoms with Crippen LogP contribution in [0.3, 0.4) is 0 Å². The Hall–Kier alpha value is -2.24.